The van der Waals surface area contributed by atoms with E-state index in [4.69, 9.17) is 4.74 Å². The Labute approximate surface area is 275 Å². The lowest BCUT2D eigenvalue weighted by Crippen LogP contribution is -2.31. The van der Waals surface area contributed by atoms with Crippen LogP contribution in [0.2, 0.25) is 0 Å². The van der Waals surface area contributed by atoms with E-state index in [1.54, 1.807) is 7.11 Å². The van der Waals surface area contributed by atoms with Crippen molar-refractivity contribution < 1.29 is 14.3 Å². The summed E-state index contributed by atoms with van der Waals surface area (Å²) in [4.78, 5) is 22.4. The Hall–Kier alpha value is -3.44. The van der Waals surface area contributed by atoms with Crippen molar-refractivity contribution in [2.75, 3.05) is 7.11 Å². The van der Waals surface area contributed by atoms with Gasteiger partial charge in [0.15, 0.2) is 5.78 Å². The number of methoxy groups -OCH3 is 1. The fraction of sp³-hybridized carbons (Fsp3) is 0.450. The SMILES string of the molecule is CC(=O)C1CCC(=O)N1.CCCCCCCC.CCc1ccc(Cc2c(-c3ccc(C)cc3)sc3cc(OC)ccc23)cc1C. The van der Waals surface area contributed by atoms with Crippen molar-refractivity contribution in [3.05, 3.63) is 88.5 Å². The molecular formula is C40H53NO3S. The molecule has 45 heavy (non-hydrogen) atoms. The van der Waals surface area contributed by atoms with E-state index in [0.717, 1.165) is 18.6 Å². The van der Waals surface area contributed by atoms with Gasteiger partial charge in [0, 0.05) is 16.0 Å². The summed E-state index contributed by atoms with van der Waals surface area (Å²) in [5, 5.41) is 3.90. The van der Waals surface area contributed by atoms with Gasteiger partial charge < -0.3 is 10.1 Å². The quantitative estimate of drug-likeness (QED) is 0.168. The number of rotatable bonds is 11. The molecule has 1 aliphatic heterocycles. The van der Waals surface area contributed by atoms with Gasteiger partial charge in [-0.1, -0.05) is 107 Å². The molecule has 1 aromatic heterocycles. The van der Waals surface area contributed by atoms with Crippen molar-refractivity contribution in [2.45, 2.75) is 112 Å². The van der Waals surface area contributed by atoms with Crippen LogP contribution in [-0.4, -0.2) is 24.8 Å². The van der Waals surface area contributed by atoms with Gasteiger partial charge in [0.25, 0.3) is 0 Å². The highest BCUT2D eigenvalue weighted by atomic mass is 32.1. The fourth-order valence-electron chi connectivity index (χ4n) is 5.61. The molecule has 0 bridgehead atoms. The summed E-state index contributed by atoms with van der Waals surface area (Å²) >= 11 is 1.86. The number of hydrogen-bond donors (Lipinski definition) is 1. The van der Waals surface area contributed by atoms with Crippen LogP contribution in [-0.2, 0) is 22.4 Å². The van der Waals surface area contributed by atoms with E-state index in [1.807, 2.05) is 11.3 Å². The minimum absolute atomic E-state index is 0.00444. The number of ketones is 1. The minimum atomic E-state index is -0.197. The van der Waals surface area contributed by atoms with Crippen molar-refractivity contribution in [1.82, 2.24) is 5.32 Å². The third-order valence-corrected chi connectivity index (χ3v) is 9.67. The number of thiophene rings is 1. The van der Waals surface area contributed by atoms with Crippen molar-refractivity contribution in [1.29, 1.82) is 0 Å². The summed E-state index contributed by atoms with van der Waals surface area (Å²) in [5.41, 5.74) is 8.19. The molecule has 242 valence electrons. The van der Waals surface area contributed by atoms with Crippen LogP contribution in [0.5, 0.6) is 5.75 Å². The maximum Gasteiger partial charge on any atom is 0.220 e. The smallest absolute Gasteiger partial charge is 0.220 e. The lowest BCUT2D eigenvalue weighted by Gasteiger charge is -2.09. The highest BCUT2D eigenvalue weighted by molar-refractivity contribution is 7.22. The molecule has 4 aromatic rings. The lowest BCUT2D eigenvalue weighted by molar-refractivity contribution is -0.123. The van der Waals surface area contributed by atoms with Gasteiger partial charge in [-0.25, -0.2) is 0 Å². The molecule has 3 aromatic carbocycles. The molecule has 5 heteroatoms. The number of carbonyl (C=O) groups is 2. The Kier molecular flexibility index (Phi) is 14.8. The molecule has 1 atom stereocenters. The molecule has 1 saturated heterocycles. The van der Waals surface area contributed by atoms with Crippen molar-refractivity contribution in [2.24, 2.45) is 0 Å². The van der Waals surface area contributed by atoms with Gasteiger partial charge in [0.2, 0.25) is 5.91 Å². The van der Waals surface area contributed by atoms with Crippen molar-refractivity contribution >= 4 is 33.1 Å². The first-order chi connectivity index (χ1) is 21.7. The Morgan fingerprint density at radius 3 is 2.11 bits per heavy atom. The monoisotopic (exact) mass is 627 g/mol. The Morgan fingerprint density at radius 2 is 1.60 bits per heavy atom. The van der Waals surface area contributed by atoms with Crippen LogP contribution in [0.15, 0.2) is 60.7 Å². The van der Waals surface area contributed by atoms with E-state index < -0.39 is 0 Å². The normalized spacial score (nSPS) is 13.8. The largest absolute Gasteiger partial charge is 0.497 e. The third kappa shape index (κ3) is 10.8. The molecule has 5 rings (SSSR count). The van der Waals surface area contributed by atoms with Crippen LogP contribution in [0.25, 0.3) is 20.5 Å². The molecule has 2 heterocycles. The molecule has 1 aliphatic rings. The van der Waals surface area contributed by atoms with E-state index in [9.17, 15) is 9.59 Å². The van der Waals surface area contributed by atoms with Crippen LogP contribution in [0.4, 0.5) is 0 Å². The van der Waals surface area contributed by atoms with Crippen LogP contribution >= 0.6 is 11.3 Å². The van der Waals surface area contributed by atoms with E-state index in [2.05, 4.69) is 101 Å². The maximum absolute atomic E-state index is 10.6. The van der Waals surface area contributed by atoms with Gasteiger partial charge in [0.1, 0.15) is 5.75 Å². The van der Waals surface area contributed by atoms with Gasteiger partial charge in [-0.2, -0.15) is 0 Å². The molecule has 4 nitrogen and oxygen atoms in total. The number of ether oxygens (including phenoxy) is 1. The summed E-state index contributed by atoms with van der Waals surface area (Å²) < 4.78 is 6.74. The molecule has 1 N–H and O–H groups in total. The zero-order valence-corrected chi connectivity index (χ0v) is 29.4. The number of benzene rings is 3. The van der Waals surface area contributed by atoms with Crippen LogP contribution < -0.4 is 10.1 Å². The lowest BCUT2D eigenvalue weighted by atomic mass is 9.96. The molecule has 0 radical (unpaired) electrons. The van der Waals surface area contributed by atoms with E-state index in [1.165, 1.54) is 93.8 Å². The van der Waals surface area contributed by atoms with Crippen LogP contribution in [0, 0.1) is 13.8 Å². The number of fused-ring (bicyclic) bond motifs is 1. The molecule has 1 unspecified atom stereocenters. The van der Waals surface area contributed by atoms with Gasteiger partial charge in [-0.3, -0.25) is 9.59 Å². The topological polar surface area (TPSA) is 55.4 Å². The van der Waals surface area contributed by atoms with Gasteiger partial charge in [-0.15, -0.1) is 11.3 Å². The second kappa shape index (κ2) is 18.5. The summed E-state index contributed by atoms with van der Waals surface area (Å²) in [6, 6.07) is 22.1. The number of unbranched alkanes of at least 4 members (excludes halogenated alkanes) is 5. The minimum Gasteiger partial charge on any atom is -0.497 e. The Balaban J connectivity index is 0.000000266. The summed E-state index contributed by atoms with van der Waals surface area (Å²) in [7, 11) is 1.73. The number of nitrogens with one attached hydrogen (secondary N) is 1. The molecule has 1 fully saturated rings. The number of hydrogen-bond acceptors (Lipinski definition) is 4. The molecule has 1 amide bonds. The Morgan fingerprint density at radius 1 is 0.911 bits per heavy atom. The average molecular weight is 628 g/mol. The van der Waals surface area contributed by atoms with Crippen LogP contribution in [0.1, 0.15) is 107 Å². The number of Topliss-reactive ketones (excluding diaryl/α,β-unsaturated/α-hetero) is 1. The second-order valence-electron chi connectivity index (χ2n) is 12.1. The van der Waals surface area contributed by atoms with E-state index in [-0.39, 0.29) is 17.7 Å². The molecule has 0 aliphatic carbocycles. The zero-order valence-electron chi connectivity index (χ0n) is 28.6. The fourth-order valence-corrected chi connectivity index (χ4v) is 6.87. The van der Waals surface area contributed by atoms with Gasteiger partial charge in [-0.05, 0) is 91.4 Å². The van der Waals surface area contributed by atoms with Gasteiger partial charge >= 0.3 is 0 Å². The predicted molar refractivity (Wildman–Crippen MR) is 193 cm³/mol. The standard InChI is InChI=1S/C26H26OS.C8H18.C6H9NO2/c1-5-20-11-8-19(14-18(20)3)15-24-23-13-12-22(27-4)16-25(23)28-26(24)21-9-6-17(2)7-10-21;1-3-5-7-8-6-4-2;1-4(8)5-2-3-6(9)7-5/h6-14,16H,5,15H2,1-4H3;3-8H2,1-2H3;5H,2-3H2,1H3,(H,7,9). The highest BCUT2D eigenvalue weighted by Gasteiger charge is 2.23. The first-order valence-electron chi connectivity index (χ1n) is 16.7. The van der Waals surface area contributed by atoms with Crippen LogP contribution in [0.3, 0.4) is 0 Å². The number of amides is 1. The first-order valence-corrected chi connectivity index (χ1v) is 17.6. The summed E-state index contributed by atoms with van der Waals surface area (Å²) in [5.74, 6) is 0.968. The number of carbonyl (C=O) groups excluding carboxylic acids is 2. The second-order valence-corrected chi connectivity index (χ2v) is 13.2. The highest BCUT2D eigenvalue weighted by Crippen LogP contribution is 2.41. The molecule has 0 spiro atoms. The summed E-state index contributed by atoms with van der Waals surface area (Å²) in [6.45, 7) is 12.6. The first kappa shape index (κ1) is 36.0. The zero-order chi connectivity index (χ0) is 32.8. The van der Waals surface area contributed by atoms with E-state index >= 15 is 0 Å². The molecule has 0 saturated carbocycles. The van der Waals surface area contributed by atoms with Crippen molar-refractivity contribution in [3.63, 3.8) is 0 Å². The molecular weight excluding hydrogens is 575 g/mol. The van der Waals surface area contributed by atoms with Crippen molar-refractivity contribution in [3.8, 4) is 16.2 Å². The summed E-state index contributed by atoms with van der Waals surface area (Å²) in [6.07, 6.45) is 11.7. The number of aryl methyl sites for hydroxylation is 3. The average Bonchev–Trinajstić information content (AvgIpc) is 3.64. The third-order valence-electron chi connectivity index (χ3n) is 8.43. The van der Waals surface area contributed by atoms with E-state index in [0.29, 0.717) is 12.8 Å². The Bertz CT molecular complexity index is 1510. The van der Waals surface area contributed by atoms with Gasteiger partial charge in [0.05, 0.1) is 13.2 Å². The maximum atomic E-state index is 10.6. The predicted octanol–water partition coefficient (Wildman–Crippen LogP) is 10.6.